The number of rotatable bonds is 6. The van der Waals surface area contributed by atoms with Crippen LogP contribution in [0.3, 0.4) is 0 Å². The van der Waals surface area contributed by atoms with Crippen LogP contribution in [0.5, 0.6) is 0 Å². The number of carbonyl (C=O) groups is 1. The predicted molar refractivity (Wildman–Crippen MR) is 92.4 cm³/mol. The number of halogens is 1. The Kier molecular flexibility index (Phi) is 7.63. The Hall–Kier alpha value is -0.320. The standard InChI is InChI=1S/C17H32N2O2.ClH/c1-5-11-19(16(20)13-7-9-18-10-8-13)14-12-15(21-6-2)17(14,3)4;/h13-15,18H,5-12H2,1-4H3;1H. The monoisotopic (exact) mass is 332 g/mol. The van der Waals surface area contributed by atoms with Crippen molar-refractivity contribution in [1.82, 2.24) is 10.2 Å². The molecule has 130 valence electrons. The average Bonchev–Trinajstić information content (AvgIpc) is 2.49. The lowest BCUT2D eigenvalue weighted by atomic mass is 9.63. The van der Waals surface area contributed by atoms with E-state index < -0.39 is 0 Å². The molecule has 1 heterocycles. The second-order valence-corrected chi connectivity index (χ2v) is 7.07. The third-order valence-corrected chi connectivity index (χ3v) is 5.31. The Morgan fingerprint density at radius 1 is 1.27 bits per heavy atom. The van der Waals surface area contributed by atoms with Gasteiger partial charge in [0, 0.05) is 30.5 Å². The van der Waals surface area contributed by atoms with Gasteiger partial charge in [-0.15, -0.1) is 12.4 Å². The highest BCUT2D eigenvalue weighted by Gasteiger charge is 2.52. The molecule has 4 nitrogen and oxygen atoms in total. The van der Waals surface area contributed by atoms with E-state index in [-0.39, 0.29) is 23.7 Å². The highest BCUT2D eigenvalue weighted by molar-refractivity contribution is 5.85. The maximum atomic E-state index is 12.9. The largest absolute Gasteiger partial charge is 0.378 e. The molecule has 0 radical (unpaired) electrons. The summed E-state index contributed by atoms with van der Waals surface area (Å²) in [4.78, 5) is 15.1. The van der Waals surface area contributed by atoms with Gasteiger partial charge >= 0.3 is 0 Å². The number of ether oxygens (including phenoxy) is 1. The summed E-state index contributed by atoms with van der Waals surface area (Å²) in [5.41, 5.74) is 0.0771. The van der Waals surface area contributed by atoms with Crippen molar-refractivity contribution in [3.05, 3.63) is 0 Å². The Morgan fingerprint density at radius 3 is 2.41 bits per heavy atom. The van der Waals surface area contributed by atoms with Gasteiger partial charge in [-0.05, 0) is 45.7 Å². The zero-order chi connectivity index (χ0) is 15.5. The van der Waals surface area contributed by atoms with Crippen LogP contribution in [0.1, 0.15) is 53.4 Å². The third-order valence-electron chi connectivity index (χ3n) is 5.31. The molecule has 1 aliphatic heterocycles. The molecule has 2 atom stereocenters. The Balaban J connectivity index is 0.00000242. The summed E-state index contributed by atoms with van der Waals surface area (Å²) in [6, 6.07) is 0.344. The maximum Gasteiger partial charge on any atom is 0.226 e. The minimum Gasteiger partial charge on any atom is -0.378 e. The topological polar surface area (TPSA) is 41.6 Å². The minimum atomic E-state index is 0. The van der Waals surface area contributed by atoms with E-state index in [0.29, 0.717) is 18.1 Å². The lowest BCUT2D eigenvalue weighted by Gasteiger charge is -2.56. The van der Waals surface area contributed by atoms with Crippen molar-refractivity contribution in [2.24, 2.45) is 11.3 Å². The SMILES string of the molecule is CCCN(C(=O)C1CCNCC1)C1CC(OCC)C1(C)C.Cl. The van der Waals surface area contributed by atoms with Gasteiger partial charge in [0.05, 0.1) is 6.10 Å². The third kappa shape index (κ3) is 3.95. The first-order valence-corrected chi connectivity index (χ1v) is 8.65. The van der Waals surface area contributed by atoms with Crippen LogP contribution in [-0.4, -0.2) is 49.2 Å². The van der Waals surface area contributed by atoms with Crippen molar-refractivity contribution in [3.8, 4) is 0 Å². The molecule has 0 aromatic carbocycles. The first-order valence-electron chi connectivity index (χ1n) is 8.65. The lowest BCUT2D eigenvalue weighted by Crippen LogP contribution is -2.64. The highest BCUT2D eigenvalue weighted by Crippen LogP contribution is 2.46. The van der Waals surface area contributed by atoms with Crippen LogP contribution < -0.4 is 5.32 Å². The van der Waals surface area contributed by atoms with E-state index in [1.807, 2.05) is 6.92 Å². The summed E-state index contributed by atoms with van der Waals surface area (Å²) < 4.78 is 5.83. The van der Waals surface area contributed by atoms with Crippen molar-refractivity contribution in [1.29, 1.82) is 0 Å². The molecule has 1 aliphatic carbocycles. The van der Waals surface area contributed by atoms with Gasteiger partial charge in [-0.3, -0.25) is 4.79 Å². The van der Waals surface area contributed by atoms with E-state index in [9.17, 15) is 4.79 Å². The van der Waals surface area contributed by atoms with E-state index >= 15 is 0 Å². The van der Waals surface area contributed by atoms with Crippen molar-refractivity contribution in [3.63, 3.8) is 0 Å². The van der Waals surface area contributed by atoms with E-state index in [0.717, 1.165) is 51.9 Å². The van der Waals surface area contributed by atoms with Gasteiger partial charge in [0.1, 0.15) is 0 Å². The van der Waals surface area contributed by atoms with Gasteiger partial charge in [-0.2, -0.15) is 0 Å². The smallest absolute Gasteiger partial charge is 0.226 e. The molecule has 0 bridgehead atoms. The number of amides is 1. The van der Waals surface area contributed by atoms with Crippen LogP contribution in [0.15, 0.2) is 0 Å². The fourth-order valence-electron chi connectivity index (χ4n) is 3.84. The second kappa shape index (κ2) is 8.51. The zero-order valence-electron chi connectivity index (χ0n) is 14.6. The summed E-state index contributed by atoms with van der Waals surface area (Å²) in [7, 11) is 0. The minimum absolute atomic E-state index is 0. The number of hydrogen-bond donors (Lipinski definition) is 1. The summed E-state index contributed by atoms with van der Waals surface area (Å²) >= 11 is 0. The molecule has 2 unspecified atom stereocenters. The van der Waals surface area contributed by atoms with E-state index in [1.54, 1.807) is 0 Å². The molecule has 1 saturated heterocycles. The van der Waals surface area contributed by atoms with Gasteiger partial charge in [0.2, 0.25) is 5.91 Å². The van der Waals surface area contributed by atoms with Crippen LogP contribution in [-0.2, 0) is 9.53 Å². The maximum absolute atomic E-state index is 12.9. The van der Waals surface area contributed by atoms with Crippen LogP contribution in [0, 0.1) is 11.3 Å². The Bertz CT molecular complexity index is 357. The van der Waals surface area contributed by atoms with E-state index in [4.69, 9.17) is 4.74 Å². The summed E-state index contributed by atoms with van der Waals surface area (Å²) in [5.74, 6) is 0.603. The summed E-state index contributed by atoms with van der Waals surface area (Å²) in [6.07, 6.45) is 4.30. The molecule has 0 aromatic heterocycles. The Morgan fingerprint density at radius 2 is 1.91 bits per heavy atom. The molecule has 1 amide bonds. The number of carbonyl (C=O) groups excluding carboxylic acids is 1. The number of piperidine rings is 1. The molecular formula is C17H33ClN2O2. The molecule has 0 spiro atoms. The highest BCUT2D eigenvalue weighted by atomic mass is 35.5. The van der Waals surface area contributed by atoms with Gasteiger partial charge in [-0.25, -0.2) is 0 Å². The van der Waals surface area contributed by atoms with Gasteiger partial charge in [-0.1, -0.05) is 20.8 Å². The van der Waals surface area contributed by atoms with E-state index in [1.165, 1.54) is 0 Å². The molecule has 2 fully saturated rings. The van der Waals surface area contributed by atoms with Gasteiger partial charge in [0.15, 0.2) is 0 Å². The van der Waals surface area contributed by atoms with Crippen molar-refractivity contribution in [2.45, 2.75) is 65.5 Å². The van der Waals surface area contributed by atoms with Crippen LogP contribution in [0.4, 0.5) is 0 Å². The molecule has 0 aromatic rings. The molecule has 1 saturated carbocycles. The van der Waals surface area contributed by atoms with Crippen molar-refractivity contribution in [2.75, 3.05) is 26.2 Å². The van der Waals surface area contributed by atoms with Crippen LogP contribution in [0.2, 0.25) is 0 Å². The summed E-state index contributed by atoms with van der Waals surface area (Å²) in [6.45, 7) is 12.3. The molecule has 2 aliphatic rings. The number of hydrogen-bond acceptors (Lipinski definition) is 3. The zero-order valence-corrected chi connectivity index (χ0v) is 15.4. The predicted octanol–water partition coefficient (Wildman–Crippen LogP) is 2.85. The van der Waals surface area contributed by atoms with Crippen LogP contribution >= 0.6 is 12.4 Å². The Labute approximate surface area is 141 Å². The molecule has 5 heteroatoms. The summed E-state index contributed by atoms with van der Waals surface area (Å²) in [5, 5.41) is 3.35. The molecule has 1 N–H and O–H groups in total. The van der Waals surface area contributed by atoms with E-state index in [2.05, 4.69) is 31.0 Å². The first kappa shape index (κ1) is 19.7. The average molecular weight is 333 g/mol. The fourth-order valence-corrected chi connectivity index (χ4v) is 3.84. The van der Waals surface area contributed by atoms with Gasteiger partial charge < -0.3 is 15.0 Å². The van der Waals surface area contributed by atoms with Gasteiger partial charge in [0.25, 0.3) is 0 Å². The second-order valence-electron chi connectivity index (χ2n) is 7.07. The lowest BCUT2D eigenvalue weighted by molar-refractivity contribution is -0.170. The molecule has 2 rings (SSSR count). The quantitative estimate of drug-likeness (QED) is 0.813. The van der Waals surface area contributed by atoms with Crippen LogP contribution in [0.25, 0.3) is 0 Å². The molecule has 22 heavy (non-hydrogen) atoms. The fraction of sp³-hybridized carbons (Fsp3) is 0.941. The van der Waals surface area contributed by atoms with Crippen molar-refractivity contribution >= 4 is 18.3 Å². The number of nitrogens with one attached hydrogen (secondary N) is 1. The normalized spacial score (nSPS) is 27.6. The molecular weight excluding hydrogens is 300 g/mol. The number of nitrogens with zero attached hydrogens (tertiary/aromatic N) is 1. The van der Waals surface area contributed by atoms with Crippen molar-refractivity contribution < 1.29 is 9.53 Å². The first-order chi connectivity index (χ1) is 10.0.